The lowest BCUT2D eigenvalue weighted by Crippen LogP contribution is -2.50. The van der Waals surface area contributed by atoms with Gasteiger partial charge in [0, 0.05) is 13.1 Å². The number of para-hydroxylation sites is 1. The molecule has 0 saturated carbocycles. The Balaban J connectivity index is 2.23. The average Bonchev–Trinajstić information content (AvgIpc) is 2.73. The zero-order chi connectivity index (χ0) is 22.1. The Hall–Kier alpha value is -2.24. The fourth-order valence-electron chi connectivity index (χ4n) is 3.06. The van der Waals surface area contributed by atoms with E-state index in [0.29, 0.717) is 28.8 Å². The molecule has 1 N–H and O–H groups in total. The summed E-state index contributed by atoms with van der Waals surface area (Å²) in [6, 6.07) is 12.1. The topological polar surface area (TPSA) is 58.6 Å². The van der Waals surface area contributed by atoms with E-state index in [9.17, 15) is 9.59 Å². The SMILES string of the molecule is CCCNC(=O)[C@@H](CC)N(Cc1ccc(Cl)c(Cl)c1)C(=O)COc1ccccc1C. The first-order chi connectivity index (χ1) is 14.4. The van der Waals surface area contributed by atoms with Crippen LogP contribution in [0.3, 0.4) is 0 Å². The number of aryl methyl sites for hydroxylation is 1. The Morgan fingerprint density at radius 2 is 1.83 bits per heavy atom. The number of ether oxygens (including phenoxy) is 1. The second-order valence-corrected chi connectivity index (χ2v) is 7.85. The first-order valence-electron chi connectivity index (χ1n) is 10.1. The number of rotatable bonds is 10. The smallest absolute Gasteiger partial charge is 0.261 e. The molecule has 0 aliphatic carbocycles. The fourth-order valence-corrected chi connectivity index (χ4v) is 3.38. The minimum absolute atomic E-state index is 0.163. The molecule has 0 aromatic heterocycles. The van der Waals surface area contributed by atoms with Crippen LogP contribution < -0.4 is 10.1 Å². The molecule has 30 heavy (non-hydrogen) atoms. The highest BCUT2D eigenvalue weighted by atomic mass is 35.5. The highest BCUT2D eigenvalue weighted by Crippen LogP contribution is 2.24. The van der Waals surface area contributed by atoms with Crippen LogP contribution in [0, 0.1) is 6.92 Å². The number of benzene rings is 2. The predicted octanol–water partition coefficient (Wildman–Crippen LogP) is 5.01. The number of hydrogen-bond acceptors (Lipinski definition) is 3. The molecular weight excluding hydrogens is 423 g/mol. The highest BCUT2D eigenvalue weighted by molar-refractivity contribution is 6.42. The molecule has 2 aromatic carbocycles. The van der Waals surface area contributed by atoms with Gasteiger partial charge >= 0.3 is 0 Å². The summed E-state index contributed by atoms with van der Waals surface area (Å²) in [4.78, 5) is 27.4. The first-order valence-corrected chi connectivity index (χ1v) is 10.8. The van der Waals surface area contributed by atoms with Crippen molar-refractivity contribution in [3.05, 3.63) is 63.6 Å². The number of carbonyl (C=O) groups is 2. The Bertz CT molecular complexity index is 873. The third-order valence-corrected chi connectivity index (χ3v) is 5.46. The minimum Gasteiger partial charge on any atom is -0.484 e. The lowest BCUT2D eigenvalue weighted by Gasteiger charge is -2.30. The second kappa shape index (κ2) is 11.8. The van der Waals surface area contributed by atoms with Crippen LogP contribution in [0.2, 0.25) is 10.0 Å². The van der Waals surface area contributed by atoms with Crippen LogP contribution in [0.1, 0.15) is 37.8 Å². The normalized spacial score (nSPS) is 11.6. The van der Waals surface area contributed by atoms with E-state index in [1.54, 1.807) is 23.1 Å². The third-order valence-electron chi connectivity index (χ3n) is 4.72. The molecule has 0 heterocycles. The molecule has 2 amide bonds. The predicted molar refractivity (Wildman–Crippen MR) is 121 cm³/mol. The van der Waals surface area contributed by atoms with Crippen molar-refractivity contribution >= 4 is 35.0 Å². The standard InChI is InChI=1S/C23H28Cl2N2O3/c1-4-12-26-23(29)20(5-2)27(14-17-10-11-18(24)19(25)13-17)22(28)15-30-21-9-7-6-8-16(21)3/h6-11,13,20H,4-5,12,14-15H2,1-3H3,(H,26,29)/t20-/m1/s1. The number of nitrogens with zero attached hydrogens (tertiary/aromatic N) is 1. The summed E-state index contributed by atoms with van der Waals surface area (Å²) >= 11 is 12.2. The molecule has 0 radical (unpaired) electrons. The van der Waals surface area contributed by atoms with Crippen molar-refractivity contribution in [2.45, 2.75) is 46.2 Å². The summed E-state index contributed by atoms with van der Waals surface area (Å²) in [6.07, 6.45) is 1.30. The van der Waals surface area contributed by atoms with Crippen molar-refractivity contribution < 1.29 is 14.3 Å². The number of amides is 2. The second-order valence-electron chi connectivity index (χ2n) is 7.04. The van der Waals surface area contributed by atoms with Crippen LogP contribution in [-0.2, 0) is 16.1 Å². The number of nitrogens with one attached hydrogen (secondary N) is 1. The summed E-state index contributed by atoms with van der Waals surface area (Å²) in [5, 5.41) is 3.73. The summed E-state index contributed by atoms with van der Waals surface area (Å²) in [6.45, 7) is 6.40. The monoisotopic (exact) mass is 450 g/mol. The maximum Gasteiger partial charge on any atom is 0.261 e. The van der Waals surface area contributed by atoms with Crippen LogP contribution in [0.15, 0.2) is 42.5 Å². The van der Waals surface area contributed by atoms with Gasteiger partial charge in [0.2, 0.25) is 5.91 Å². The maximum atomic E-state index is 13.1. The summed E-state index contributed by atoms with van der Waals surface area (Å²) in [5.74, 6) is 0.190. The van der Waals surface area contributed by atoms with Crippen LogP contribution >= 0.6 is 23.2 Å². The van der Waals surface area contributed by atoms with Crippen LogP contribution in [0.5, 0.6) is 5.75 Å². The molecule has 0 aliphatic heterocycles. The van der Waals surface area contributed by atoms with Crippen molar-refractivity contribution in [2.24, 2.45) is 0 Å². The van der Waals surface area contributed by atoms with Crippen molar-refractivity contribution in [3.8, 4) is 5.75 Å². The van der Waals surface area contributed by atoms with E-state index in [1.165, 1.54) is 0 Å². The van der Waals surface area contributed by atoms with Crippen molar-refractivity contribution in [1.29, 1.82) is 0 Å². The average molecular weight is 451 g/mol. The number of carbonyl (C=O) groups excluding carboxylic acids is 2. The molecule has 0 fully saturated rings. The van der Waals surface area contributed by atoms with Crippen LogP contribution in [-0.4, -0.2) is 35.9 Å². The van der Waals surface area contributed by atoms with Gasteiger partial charge in [-0.1, -0.05) is 61.3 Å². The van der Waals surface area contributed by atoms with Crippen LogP contribution in [0.25, 0.3) is 0 Å². The van der Waals surface area contributed by atoms with Gasteiger partial charge in [-0.15, -0.1) is 0 Å². The largest absolute Gasteiger partial charge is 0.484 e. The van der Waals surface area contributed by atoms with E-state index in [-0.39, 0.29) is 25.0 Å². The van der Waals surface area contributed by atoms with Gasteiger partial charge < -0.3 is 15.0 Å². The fraction of sp³-hybridized carbons (Fsp3) is 0.391. The van der Waals surface area contributed by atoms with Gasteiger partial charge in [0.15, 0.2) is 6.61 Å². The highest BCUT2D eigenvalue weighted by Gasteiger charge is 2.29. The quantitative estimate of drug-likeness (QED) is 0.552. The van der Waals surface area contributed by atoms with Crippen molar-refractivity contribution in [1.82, 2.24) is 10.2 Å². The first kappa shape index (κ1) is 24.0. The molecule has 0 saturated heterocycles. The van der Waals surface area contributed by atoms with Gasteiger partial charge in [0.1, 0.15) is 11.8 Å². The molecule has 0 aliphatic rings. The molecule has 0 bridgehead atoms. The van der Waals surface area contributed by atoms with Crippen molar-refractivity contribution in [3.63, 3.8) is 0 Å². The van der Waals surface area contributed by atoms with E-state index in [4.69, 9.17) is 27.9 Å². The molecule has 2 aromatic rings. The molecule has 5 nitrogen and oxygen atoms in total. The van der Waals surface area contributed by atoms with E-state index >= 15 is 0 Å². The lowest BCUT2D eigenvalue weighted by molar-refractivity contribution is -0.143. The van der Waals surface area contributed by atoms with Gasteiger partial charge in [-0.3, -0.25) is 9.59 Å². The van der Waals surface area contributed by atoms with Gasteiger partial charge in [-0.2, -0.15) is 0 Å². The van der Waals surface area contributed by atoms with E-state index in [2.05, 4.69) is 5.32 Å². The molecule has 0 spiro atoms. The van der Waals surface area contributed by atoms with E-state index in [1.807, 2.05) is 45.0 Å². The molecule has 7 heteroatoms. The Morgan fingerprint density at radius 3 is 2.47 bits per heavy atom. The summed E-state index contributed by atoms with van der Waals surface area (Å²) in [7, 11) is 0. The minimum atomic E-state index is -0.612. The lowest BCUT2D eigenvalue weighted by atomic mass is 10.1. The molecule has 2 rings (SSSR count). The molecule has 0 unspecified atom stereocenters. The molecule has 162 valence electrons. The van der Waals surface area contributed by atoms with Gasteiger partial charge in [0.25, 0.3) is 5.91 Å². The Labute approximate surface area is 188 Å². The Morgan fingerprint density at radius 1 is 1.10 bits per heavy atom. The molecule has 1 atom stereocenters. The molecular formula is C23H28Cl2N2O3. The third kappa shape index (κ3) is 6.64. The van der Waals surface area contributed by atoms with Crippen molar-refractivity contribution in [2.75, 3.05) is 13.2 Å². The summed E-state index contributed by atoms with van der Waals surface area (Å²) in [5.41, 5.74) is 1.73. The number of hydrogen-bond donors (Lipinski definition) is 1. The zero-order valence-corrected chi connectivity index (χ0v) is 19.1. The summed E-state index contributed by atoms with van der Waals surface area (Å²) < 4.78 is 5.75. The van der Waals surface area contributed by atoms with Gasteiger partial charge in [-0.05, 0) is 49.1 Å². The van der Waals surface area contributed by atoms with E-state index < -0.39 is 6.04 Å². The van der Waals surface area contributed by atoms with Crippen LogP contribution in [0.4, 0.5) is 0 Å². The van der Waals surface area contributed by atoms with Gasteiger partial charge in [-0.25, -0.2) is 0 Å². The maximum absolute atomic E-state index is 13.1. The van der Waals surface area contributed by atoms with Gasteiger partial charge in [0.05, 0.1) is 10.0 Å². The number of halogens is 2. The van der Waals surface area contributed by atoms with E-state index in [0.717, 1.165) is 17.5 Å². The zero-order valence-electron chi connectivity index (χ0n) is 17.6. The Kier molecular flexibility index (Phi) is 9.47.